The molecule has 12 heavy (non-hydrogen) atoms. The van der Waals surface area contributed by atoms with Gasteiger partial charge in [-0.25, -0.2) is 0 Å². The average Bonchev–Trinajstić information content (AvgIpc) is 2.08. The van der Waals surface area contributed by atoms with E-state index in [-0.39, 0.29) is 0 Å². The monoisotopic (exact) mass is 178 g/mol. The van der Waals surface area contributed by atoms with Crippen LogP contribution in [0.2, 0.25) is 0 Å². The van der Waals surface area contributed by atoms with Gasteiger partial charge in [-0.05, 0) is 0 Å². The molecule has 6 atom stereocenters. The molecule has 0 spiro atoms. The van der Waals surface area contributed by atoms with Crippen molar-refractivity contribution in [1.82, 2.24) is 0 Å². The second-order valence-corrected chi connectivity index (χ2v) is 3.31. The molecule has 0 radical (unpaired) electrons. The highest BCUT2D eigenvalue weighted by molar-refractivity contribution is 4.96. The van der Waals surface area contributed by atoms with Gasteiger partial charge in [0, 0.05) is 5.92 Å². The van der Waals surface area contributed by atoms with Gasteiger partial charge in [0.1, 0.15) is 18.3 Å². The number of hydrogen-bond donors (Lipinski definition) is 5. The third kappa shape index (κ3) is 1.34. The van der Waals surface area contributed by atoms with E-state index in [0.717, 1.165) is 0 Å². The minimum Gasteiger partial charge on any atom is -0.390 e. The Bertz CT molecular complexity index is 103. The van der Waals surface area contributed by atoms with E-state index in [0.29, 0.717) is 0 Å². The van der Waals surface area contributed by atoms with E-state index in [1.165, 1.54) is 6.92 Å². The van der Waals surface area contributed by atoms with Gasteiger partial charge in [0.25, 0.3) is 0 Å². The molecule has 1 rings (SSSR count). The van der Waals surface area contributed by atoms with Crippen molar-refractivity contribution in [3.63, 3.8) is 0 Å². The first-order valence-electron chi connectivity index (χ1n) is 3.87. The van der Waals surface area contributed by atoms with E-state index in [9.17, 15) is 10.2 Å². The van der Waals surface area contributed by atoms with Gasteiger partial charge >= 0.3 is 0 Å². The van der Waals surface area contributed by atoms with Crippen LogP contribution in [-0.2, 0) is 0 Å². The highest BCUT2D eigenvalue weighted by Gasteiger charge is 2.45. The van der Waals surface area contributed by atoms with Crippen molar-refractivity contribution >= 4 is 0 Å². The largest absolute Gasteiger partial charge is 0.390 e. The van der Waals surface area contributed by atoms with Crippen LogP contribution in [0, 0.1) is 5.92 Å². The van der Waals surface area contributed by atoms with Crippen LogP contribution in [0.5, 0.6) is 0 Å². The first-order valence-corrected chi connectivity index (χ1v) is 3.87. The predicted octanol–water partition coefficient (Wildman–Crippen LogP) is -2.56. The van der Waals surface area contributed by atoms with Crippen molar-refractivity contribution in [2.24, 2.45) is 5.92 Å². The molecule has 5 N–H and O–H groups in total. The summed E-state index contributed by atoms with van der Waals surface area (Å²) in [4.78, 5) is 0. The van der Waals surface area contributed by atoms with Gasteiger partial charge in [0.2, 0.25) is 0 Å². The molecular formula is C7H14O5. The fourth-order valence-electron chi connectivity index (χ4n) is 1.43. The quantitative estimate of drug-likeness (QED) is 0.281. The molecule has 1 aliphatic carbocycles. The summed E-state index contributed by atoms with van der Waals surface area (Å²) in [5.41, 5.74) is 0. The van der Waals surface area contributed by atoms with Crippen molar-refractivity contribution in [2.45, 2.75) is 37.4 Å². The van der Waals surface area contributed by atoms with Crippen LogP contribution in [0.25, 0.3) is 0 Å². The fraction of sp³-hybridized carbons (Fsp3) is 1.00. The lowest BCUT2D eigenvalue weighted by Gasteiger charge is -2.40. The summed E-state index contributed by atoms with van der Waals surface area (Å²) in [6.07, 6.45) is -6.65. The summed E-state index contributed by atoms with van der Waals surface area (Å²) in [6, 6.07) is 0. The molecule has 0 aromatic rings. The topological polar surface area (TPSA) is 101 Å². The number of aliphatic hydroxyl groups is 5. The molecular weight excluding hydrogens is 164 g/mol. The van der Waals surface area contributed by atoms with E-state index in [2.05, 4.69) is 0 Å². The molecule has 0 aliphatic heterocycles. The summed E-state index contributed by atoms with van der Waals surface area (Å²) in [5, 5.41) is 45.8. The predicted molar refractivity (Wildman–Crippen MR) is 39.2 cm³/mol. The van der Waals surface area contributed by atoms with E-state index >= 15 is 0 Å². The van der Waals surface area contributed by atoms with Crippen molar-refractivity contribution in [3.8, 4) is 0 Å². The van der Waals surface area contributed by atoms with E-state index in [1.807, 2.05) is 0 Å². The SMILES string of the molecule is C[C@@H]1[C@@H](O)[C@H](O)[C@@H](O)[C@H](O)[C@@H]1O. The minimum atomic E-state index is -1.48. The average molecular weight is 178 g/mol. The maximum Gasteiger partial charge on any atom is 0.111 e. The van der Waals surface area contributed by atoms with Gasteiger partial charge in [-0.15, -0.1) is 0 Å². The van der Waals surface area contributed by atoms with Crippen LogP contribution in [-0.4, -0.2) is 56.1 Å². The zero-order chi connectivity index (χ0) is 9.46. The molecule has 0 aromatic heterocycles. The summed E-state index contributed by atoms with van der Waals surface area (Å²) in [7, 11) is 0. The van der Waals surface area contributed by atoms with Crippen LogP contribution in [0.4, 0.5) is 0 Å². The van der Waals surface area contributed by atoms with Crippen LogP contribution in [0.15, 0.2) is 0 Å². The molecule has 1 fully saturated rings. The van der Waals surface area contributed by atoms with Crippen molar-refractivity contribution in [2.75, 3.05) is 0 Å². The summed E-state index contributed by atoms with van der Waals surface area (Å²) in [6.45, 7) is 1.49. The minimum absolute atomic E-state index is 0.640. The highest BCUT2D eigenvalue weighted by atomic mass is 16.4. The van der Waals surface area contributed by atoms with Crippen molar-refractivity contribution in [3.05, 3.63) is 0 Å². The fourth-order valence-corrected chi connectivity index (χ4v) is 1.43. The Morgan fingerprint density at radius 1 is 0.583 bits per heavy atom. The summed E-state index contributed by atoms with van der Waals surface area (Å²) >= 11 is 0. The molecule has 0 aromatic carbocycles. The molecule has 0 heterocycles. The van der Waals surface area contributed by atoms with Gasteiger partial charge in [0.15, 0.2) is 0 Å². The van der Waals surface area contributed by atoms with Gasteiger partial charge in [-0.2, -0.15) is 0 Å². The Balaban J connectivity index is 2.76. The van der Waals surface area contributed by atoms with E-state index in [4.69, 9.17) is 15.3 Å². The van der Waals surface area contributed by atoms with Crippen LogP contribution >= 0.6 is 0 Å². The molecule has 0 saturated heterocycles. The summed E-state index contributed by atoms with van der Waals surface area (Å²) < 4.78 is 0. The van der Waals surface area contributed by atoms with Crippen LogP contribution < -0.4 is 0 Å². The smallest absolute Gasteiger partial charge is 0.111 e. The Hall–Kier alpha value is -0.200. The first kappa shape index (κ1) is 9.88. The maximum absolute atomic E-state index is 9.22. The molecule has 1 saturated carbocycles. The standard InChI is InChI=1S/C7H14O5/c1-2-3(8)5(10)7(12)6(11)4(2)9/h2-12H,1H3/t2-,3-,4-,5+,6-,7-/m1/s1. The summed E-state index contributed by atoms with van der Waals surface area (Å²) in [5.74, 6) is -0.640. The second-order valence-electron chi connectivity index (χ2n) is 3.31. The molecule has 5 nitrogen and oxygen atoms in total. The lowest BCUT2D eigenvalue weighted by molar-refractivity contribution is -0.200. The Morgan fingerprint density at radius 2 is 0.833 bits per heavy atom. The first-order chi connectivity index (χ1) is 5.46. The maximum atomic E-state index is 9.22. The Labute approximate surface area is 69.9 Å². The molecule has 5 heteroatoms. The molecule has 1 aliphatic rings. The normalized spacial score (nSPS) is 55.5. The molecule has 0 amide bonds. The van der Waals surface area contributed by atoms with Crippen LogP contribution in [0.3, 0.4) is 0 Å². The van der Waals surface area contributed by atoms with Gasteiger partial charge in [-0.3, -0.25) is 0 Å². The van der Waals surface area contributed by atoms with E-state index in [1.54, 1.807) is 0 Å². The Kier molecular flexibility index (Phi) is 2.70. The molecule has 72 valence electrons. The van der Waals surface area contributed by atoms with Gasteiger partial charge < -0.3 is 25.5 Å². The van der Waals surface area contributed by atoms with Crippen molar-refractivity contribution < 1.29 is 25.5 Å². The number of aliphatic hydroxyl groups excluding tert-OH is 5. The lowest BCUT2D eigenvalue weighted by atomic mass is 9.80. The van der Waals surface area contributed by atoms with Crippen molar-refractivity contribution in [1.29, 1.82) is 0 Å². The van der Waals surface area contributed by atoms with Crippen LogP contribution in [0.1, 0.15) is 6.92 Å². The number of rotatable bonds is 0. The zero-order valence-corrected chi connectivity index (χ0v) is 6.70. The van der Waals surface area contributed by atoms with E-state index < -0.39 is 36.4 Å². The molecule has 0 unspecified atom stereocenters. The third-order valence-electron chi connectivity index (χ3n) is 2.48. The zero-order valence-electron chi connectivity index (χ0n) is 6.70. The third-order valence-corrected chi connectivity index (χ3v) is 2.48. The second kappa shape index (κ2) is 3.27. The van der Waals surface area contributed by atoms with Gasteiger partial charge in [-0.1, -0.05) is 6.92 Å². The lowest BCUT2D eigenvalue weighted by Crippen LogP contribution is -2.60. The molecule has 0 bridgehead atoms. The number of hydrogen-bond acceptors (Lipinski definition) is 5. The highest BCUT2D eigenvalue weighted by Crippen LogP contribution is 2.25. The Morgan fingerprint density at radius 3 is 1.17 bits per heavy atom. The van der Waals surface area contributed by atoms with Gasteiger partial charge in [0.05, 0.1) is 12.2 Å².